The van der Waals surface area contributed by atoms with Crippen molar-refractivity contribution in [3.05, 3.63) is 11.7 Å². The number of carbonyl (C=O) groups is 1. The minimum Gasteiger partial charge on any atom is -0.468 e. The zero-order valence-electron chi connectivity index (χ0n) is 12.0. The van der Waals surface area contributed by atoms with Crippen molar-refractivity contribution in [1.29, 1.82) is 0 Å². The number of carbonyl (C=O) groups excluding carboxylic acids is 1. The number of hydrogen-bond acceptors (Lipinski definition) is 6. The maximum Gasteiger partial charge on any atom is 0.323 e. The summed E-state index contributed by atoms with van der Waals surface area (Å²) in [4.78, 5) is 18.5. The Balaban J connectivity index is 1.80. The Morgan fingerprint density at radius 3 is 2.95 bits per heavy atom. The van der Waals surface area contributed by atoms with E-state index in [1.165, 1.54) is 26.4 Å². The van der Waals surface area contributed by atoms with E-state index in [2.05, 4.69) is 15.0 Å². The van der Waals surface area contributed by atoms with E-state index >= 15 is 0 Å². The van der Waals surface area contributed by atoms with Crippen LogP contribution >= 0.6 is 0 Å². The molecule has 2 fully saturated rings. The van der Waals surface area contributed by atoms with E-state index in [1.807, 2.05) is 0 Å². The number of fused-ring (bicyclic) bond motifs is 1. The molecule has 1 aliphatic heterocycles. The number of methoxy groups -OCH3 is 1. The van der Waals surface area contributed by atoms with Gasteiger partial charge in [-0.15, -0.1) is 0 Å². The monoisotopic (exact) mass is 279 g/mol. The maximum atomic E-state index is 12.0. The number of hydrogen-bond donors (Lipinski definition) is 0. The second-order valence-corrected chi connectivity index (χ2v) is 5.79. The Bertz CT molecular complexity index is 488. The summed E-state index contributed by atoms with van der Waals surface area (Å²) in [5.41, 5.74) is 0. The predicted octanol–water partition coefficient (Wildman–Crippen LogP) is 1.68. The molecule has 0 aromatic carbocycles. The molecule has 110 valence electrons. The van der Waals surface area contributed by atoms with E-state index in [4.69, 9.17) is 9.26 Å². The van der Waals surface area contributed by atoms with Crippen LogP contribution in [0.3, 0.4) is 0 Å². The van der Waals surface area contributed by atoms with E-state index in [9.17, 15) is 4.79 Å². The van der Waals surface area contributed by atoms with Gasteiger partial charge in [-0.3, -0.25) is 9.69 Å². The fourth-order valence-electron chi connectivity index (χ4n) is 3.71. The van der Waals surface area contributed by atoms with Gasteiger partial charge < -0.3 is 9.26 Å². The molecule has 0 N–H and O–H groups in total. The predicted molar refractivity (Wildman–Crippen MR) is 70.7 cm³/mol. The third kappa shape index (κ3) is 2.44. The molecule has 0 bridgehead atoms. The number of likely N-dealkylation sites (tertiary alicyclic amines) is 1. The highest BCUT2D eigenvalue weighted by Crippen LogP contribution is 2.40. The highest BCUT2D eigenvalue weighted by atomic mass is 16.5. The maximum absolute atomic E-state index is 12.0. The Morgan fingerprint density at radius 2 is 2.25 bits per heavy atom. The topological polar surface area (TPSA) is 68.5 Å². The molecule has 3 atom stereocenters. The largest absolute Gasteiger partial charge is 0.468 e. The third-order valence-electron chi connectivity index (χ3n) is 4.58. The van der Waals surface area contributed by atoms with Crippen LogP contribution in [-0.2, 0) is 16.1 Å². The molecule has 2 heterocycles. The minimum absolute atomic E-state index is 0.143. The first-order chi connectivity index (χ1) is 9.69. The van der Waals surface area contributed by atoms with E-state index in [1.54, 1.807) is 6.92 Å². The van der Waals surface area contributed by atoms with Gasteiger partial charge in [0, 0.05) is 6.04 Å². The van der Waals surface area contributed by atoms with Crippen molar-refractivity contribution < 1.29 is 14.1 Å². The highest BCUT2D eigenvalue weighted by Gasteiger charge is 2.46. The van der Waals surface area contributed by atoms with Crippen molar-refractivity contribution in [2.45, 2.75) is 57.7 Å². The lowest BCUT2D eigenvalue weighted by atomic mass is 9.85. The molecule has 2 aliphatic rings. The molecule has 0 amide bonds. The van der Waals surface area contributed by atoms with Crippen molar-refractivity contribution in [2.24, 2.45) is 5.92 Å². The Hall–Kier alpha value is -1.43. The lowest BCUT2D eigenvalue weighted by molar-refractivity contribution is -0.146. The first-order valence-corrected chi connectivity index (χ1v) is 7.32. The van der Waals surface area contributed by atoms with Crippen LogP contribution in [0.5, 0.6) is 0 Å². The first-order valence-electron chi connectivity index (χ1n) is 7.32. The highest BCUT2D eigenvalue weighted by molar-refractivity contribution is 5.76. The first kappa shape index (κ1) is 13.5. The Kier molecular flexibility index (Phi) is 3.74. The zero-order chi connectivity index (χ0) is 14.1. The van der Waals surface area contributed by atoms with Crippen molar-refractivity contribution in [3.63, 3.8) is 0 Å². The molecule has 1 saturated heterocycles. The standard InChI is InChI=1S/C14H21N3O3/c1-9-15-13(20-16-9)8-17-11-6-4-3-5-10(11)7-12(17)14(18)19-2/h10-12H,3-8H2,1-2H3. The van der Waals surface area contributed by atoms with Gasteiger partial charge in [-0.25, -0.2) is 0 Å². The average molecular weight is 279 g/mol. The fraction of sp³-hybridized carbons (Fsp3) is 0.786. The van der Waals surface area contributed by atoms with Crippen molar-refractivity contribution in [2.75, 3.05) is 7.11 Å². The summed E-state index contributed by atoms with van der Waals surface area (Å²) in [5, 5.41) is 3.82. The third-order valence-corrected chi connectivity index (χ3v) is 4.58. The average Bonchev–Trinajstić information content (AvgIpc) is 3.03. The molecule has 0 radical (unpaired) electrons. The normalized spacial score (nSPS) is 30.2. The molecular formula is C14H21N3O3. The summed E-state index contributed by atoms with van der Waals surface area (Å²) in [5.74, 6) is 1.67. The van der Waals surface area contributed by atoms with E-state index in [0.29, 0.717) is 30.2 Å². The van der Waals surface area contributed by atoms with Gasteiger partial charge in [-0.2, -0.15) is 4.98 Å². The number of nitrogens with zero attached hydrogens (tertiary/aromatic N) is 3. The van der Waals surface area contributed by atoms with Gasteiger partial charge in [0.1, 0.15) is 6.04 Å². The van der Waals surface area contributed by atoms with Gasteiger partial charge in [-0.05, 0) is 32.1 Å². The molecule has 3 unspecified atom stereocenters. The van der Waals surface area contributed by atoms with Crippen LogP contribution in [0.2, 0.25) is 0 Å². The summed E-state index contributed by atoms with van der Waals surface area (Å²) in [6.07, 6.45) is 5.74. The number of aryl methyl sites for hydroxylation is 1. The lowest BCUT2D eigenvalue weighted by Crippen LogP contribution is -2.42. The zero-order valence-corrected chi connectivity index (χ0v) is 12.0. The molecule has 6 nitrogen and oxygen atoms in total. The van der Waals surface area contributed by atoms with Crippen LogP contribution in [0.15, 0.2) is 4.52 Å². The van der Waals surface area contributed by atoms with Crippen LogP contribution in [0.1, 0.15) is 43.8 Å². The van der Waals surface area contributed by atoms with Gasteiger partial charge >= 0.3 is 5.97 Å². The number of ether oxygens (including phenoxy) is 1. The minimum atomic E-state index is -0.166. The van der Waals surface area contributed by atoms with Crippen molar-refractivity contribution >= 4 is 5.97 Å². The molecule has 1 saturated carbocycles. The van der Waals surface area contributed by atoms with Gasteiger partial charge in [0.25, 0.3) is 0 Å². The molecular weight excluding hydrogens is 258 g/mol. The van der Waals surface area contributed by atoms with Crippen LogP contribution < -0.4 is 0 Å². The van der Waals surface area contributed by atoms with Crippen LogP contribution in [0.25, 0.3) is 0 Å². The smallest absolute Gasteiger partial charge is 0.323 e. The van der Waals surface area contributed by atoms with Crippen LogP contribution in [0, 0.1) is 12.8 Å². The number of esters is 1. The molecule has 1 aliphatic carbocycles. The van der Waals surface area contributed by atoms with E-state index in [-0.39, 0.29) is 12.0 Å². The van der Waals surface area contributed by atoms with Crippen LogP contribution in [-0.4, -0.2) is 40.2 Å². The second-order valence-electron chi connectivity index (χ2n) is 5.79. The molecule has 3 rings (SSSR count). The molecule has 6 heteroatoms. The van der Waals surface area contributed by atoms with Gasteiger partial charge in [0.15, 0.2) is 5.82 Å². The van der Waals surface area contributed by atoms with Crippen LogP contribution in [0.4, 0.5) is 0 Å². The SMILES string of the molecule is COC(=O)C1CC2CCCCC2N1Cc1nc(C)no1. The summed E-state index contributed by atoms with van der Waals surface area (Å²) < 4.78 is 10.2. The van der Waals surface area contributed by atoms with Gasteiger partial charge in [0.2, 0.25) is 5.89 Å². The van der Waals surface area contributed by atoms with E-state index in [0.717, 1.165) is 12.8 Å². The lowest BCUT2D eigenvalue weighted by Gasteiger charge is -2.32. The van der Waals surface area contributed by atoms with E-state index < -0.39 is 0 Å². The molecule has 0 spiro atoms. The Labute approximate surface area is 118 Å². The molecule has 20 heavy (non-hydrogen) atoms. The van der Waals surface area contributed by atoms with Gasteiger partial charge in [0.05, 0.1) is 13.7 Å². The van der Waals surface area contributed by atoms with Crippen molar-refractivity contribution in [3.8, 4) is 0 Å². The summed E-state index contributed by atoms with van der Waals surface area (Å²) >= 11 is 0. The summed E-state index contributed by atoms with van der Waals surface area (Å²) in [7, 11) is 1.46. The Morgan fingerprint density at radius 1 is 1.45 bits per heavy atom. The number of rotatable bonds is 3. The fourth-order valence-corrected chi connectivity index (χ4v) is 3.71. The molecule has 1 aromatic rings. The number of aromatic nitrogens is 2. The summed E-state index contributed by atoms with van der Waals surface area (Å²) in [6.45, 7) is 2.35. The van der Waals surface area contributed by atoms with Gasteiger partial charge in [-0.1, -0.05) is 18.0 Å². The quantitative estimate of drug-likeness (QED) is 0.784. The van der Waals surface area contributed by atoms with Crippen molar-refractivity contribution in [1.82, 2.24) is 15.0 Å². The second kappa shape index (κ2) is 5.52. The summed E-state index contributed by atoms with van der Waals surface area (Å²) in [6, 6.07) is 0.278. The molecule has 1 aromatic heterocycles.